The summed E-state index contributed by atoms with van der Waals surface area (Å²) in [7, 11) is 0. The molecule has 0 spiro atoms. The predicted octanol–water partition coefficient (Wildman–Crippen LogP) is 0.431. The Balaban J connectivity index is 2.08. The second-order valence-electron chi connectivity index (χ2n) is 2.87. The van der Waals surface area contributed by atoms with Crippen LogP contribution in [0, 0.1) is 0 Å². The van der Waals surface area contributed by atoms with Gasteiger partial charge in [0.25, 0.3) is 0 Å². The van der Waals surface area contributed by atoms with Crippen molar-refractivity contribution in [3.63, 3.8) is 0 Å². The highest BCUT2D eigenvalue weighted by atomic mass is 16.4. The van der Waals surface area contributed by atoms with Gasteiger partial charge in [-0.25, -0.2) is 0 Å². The first-order valence-electron chi connectivity index (χ1n) is 4.46. The van der Waals surface area contributed by atoms with Gasteiger partial charge in [0.15, 0.2) is 0 Å². The Labute approximate surface area is 82.2 Å². The largest absolute Gasteiger partial charge is 0.481 e. The molecule has 0 radical (unpaired) electrons. The molecule has 0 atom stereocenters. The number of aromatic nitrogens is 2. The van der Waals surface area contributed by atoms with Gasteiger partial charge in [-0.15, -0.1) is 0 Å². The molecule has 0 amide bonds. The maximum Gasteiger partial charge on any atom is 0.303 e. The van der Waals surface area contributed by atoms with Crippen molar-refractivity contribution in [1.82, 2.24) is 15.3 Å². The molecule has 0 bridgehead atoms. The van der Waals surface area contributed by atoms with Gasteiger partial charge < -0.3 is 10.4 Å². The van der Waals surface area contributed by atoms with E-state index < -0.39 is 5.97 Å². The van der Waals surface area contributed by atoms with E-state index in [4.69, 9.17) is 5.11 Å². The molecule has 76 valence electrons. The fourth-order valence-corrected chi connectivity index (χ4v) is 1.00. The number of nitrogens with one attached hydrogen (secondary N) is 1. The number of hydrogen-bond acceptors (Lipinski definition) is 4. The van der Waals surface area contributed by atoms with Crippen molar-refractivity contribution in [2.45, 2.75) is 19.4 Å². The van der Waals surface area contributed by atoms with E-state index in [2.05, 4.69) is 15.3 Å². The zero-order chi connectivity index (χ0) is 10.2. The van der Waals surface area contributed by atoms with E-state index in [0.717, 1.165) is 5.69 Å². The fraction of sp³-hybridized carbons (Fsp3) is 0.444. The molecule has 0 saturated carbocycles. The van der Waals surface area contributed by atoms with Crippen molar-refractivity contribution >= 4 is 5.97 Å². The van der Waals surface area contributed by atoms with E-state index >= 15 is 0 Å². The summed E-state index contributed by atoms with van der Waals surface area (Å²) in [6, 6.07) is 0. The molecule has 1 rings (SSSR count). The van der Waals surface area contributed by atoms with Crippen LogP contribution in [0.5, 0.6) is 0 Å². The maximum atomic E-state index is 10.2. The highest BCUT2D eigenvalue weighted by Gasteiger charge is 1.96. The SMILES string of the molecule is O=C(O)CCCNCc1cnccn1. The van der Waals surface area contributed by atoms with Crippen molar-refractivity contribution in [3.8, 4) is 0 Å². The summed E-state index contributed by atoms with van der Waals surface area (Å²) in [5.74, 6) is -0.758. The number of hydrogen-bond donors (Lipinski definition) is 2. The van der Waals surface area contributed by atoms with Crippen LogP contribution in [0.2, 0.25) is 0 Å². The summed E-state index contributed by atoms with van der Waals surface area (Å²) in [5.41, 5.74) is 0.864. The Morgan fingerprint density at radius 2 is 2.36 bits per heavy atom. The van der Waals surface area contributed by atoms with Gasteiger partial charge in [0.05, 0.1) is 5.69 Å². The highest BCUT2D eigenvalue weighted by molar-refractivity contribution is 5.66. The van der Waals surface area contributed by atoms with Crippen LogP contribution in [-0.2, 0) is 11.3 Å². The van der Waals surface area contributed by atoms with Crippen LogP contribution >= 0.6 is 0 Å². The van der Waals surface area contributed by atoms with Crippen LogP contribution in [0.25, 0.3) is 0 Å². The maximum absolute atomic E-state index is 10.2. The van der Waals surface area contributed by atoms with E-state index in [-0.39, 0.29) is 6.42 Å². The van der Waals surface area contributed by atoms with Gasteiger partial charge in [0, 0.05) is 31.6 Å². The average molecular weight is 195 g/mol. The fourth-order valence-electron chi connectivity index (χ4n) is 1.00. The molecule has 14 heavy (non-hydrogen) atoms. The van der Waals surface area contributed by atoms with Crippen LogP contribution in [0.4, 0.5) is 0 Å². The standard InChI is InChI=1S/C9H13N3O2/c13-9(14)2-1-3-10-6-8-7-11-4-5-12-8/h4-5,7,10H,1-3,6H2,(H,13,14). The lowest BCUT2D eigenvalue weighted by Crippen LogP contribution is -2.16. The molecule has 0 aromatic carbocycles. The van der Waals surface area contributed by atoms with E-state index in [0.29, 0.717) is 19.5 Å². The van der Waals surface area contributed by atoms with Crippen molar-refractivity contribution < 1.29 is 9.90 Å². The average Bonchev–Trinajstić information content (AvgIpc) is 2.18. The van der Waals surface area contributed by atoms with Crippen molar-refractivity contribution in [1.29, 1.82) is 0 Å². The minimum absolute atomic E-state index is 0.202. The quantitative estimate of drug-likeness (QED) is 0.644. The van der Waals surface area contributed by atoms with Crippen LogP contribution in [0.15, 0.2) is 18.6 Å². The van der Waals surface area contributed by atoms with Gasteiger partial charge >= 0.3 is 5.97 Å². The monoisotopic (exact) mass is 195 g/mol. The van der Waals surface area contributed by atoms with Crippen molar-refractivity contribution in [2.24, 2.45) is 0 Å². The molecule has 0 aliphatic carbocycles. The molecule has 0 aliphatic rings. The molecule has 5 nitrogen and oxygen atoms in total. The molecular weight excluding hydrogens is 182 g/mol. The van der Waals surface area contributed by atoms with Crippen LogP contribution in [-0.4, -0.2) is 27.6 Å². The summed E-state index contributed by atoms with van der Waals surface area (Å²) in [6.45, 7) is 1.32. The Morgan fingerprint density at radius 1 is 1.50 bits per heavy atom. The third kappa shape index (κ3) is 4.51. The topological polar surface area (TPSA) is 75.1 Å². The van der Waals surface area contributed by atoms with Gasteiger partial charge in [0.1, 0.15) is 0 Å². The first kappa shape index (κ1) is 10.6. The molecule has 1 aromatic heterocycles. The number of nitrogens with zero attached hydrogens (tertiary/aromatic N) is 2. The molecule has 0 aliphatic heterocycles. The van der Waals surface area contributed by atoms with Gasteiger partial charge in [-0.2, -0.15) is 0 Å². The third-order valence-electron chi connectivity index (χ3n) is 1.67. The zero-order valence-corrected chi connectivity index (χ0v) is 7.81. The molecule has 1 heterocycles. The Hall–Kier alpha value is -1.49. The Bertz CT molecular complexity index is 277. The molecule has 2 N–H and O–H groups in total. The van der Waals surface area contributed by atoms with E-state index in [1.54, 1.807) is 18.6 Å². The zero-order valence-electron chi connectivity index (χ0n) is 7.81. The second kappa shape index (κ2) is 6.04. The normalized spacial score (nSPS) is 10.0. The van der Waals surface area contributed by atoms with Crippen LogP contribution < -0.4 is 5.32 Å². The Morgan fingerprint density at radius 3 is 3.00 bits per heavy atom. The molecular formula is C9H13N3O2. The molecule has 0 fully saturated rings. The van der Waals surface area contributed by atoms with E-state index in [9.17, 15) is 4.79 Å². The first-order valence-corrected chi connectivity index (χ1v) is 4.46. The number of carboxylic acids is 1. The molecule has 1 aromatic rings. The number of carbonyl (C=O) groups is 1. The summed E-state index contributed by atoms with van der Waals surface area (Å²) in [6.07, 6.45) is 5.77. The van der Waals surface area contributed by atoms with Gasteiger partial charge in [-0.1, -0.05) is 0 Å². The summed E-state index contributed by atoms with van der Waals surface area (Å²) < 4.78 is 0. The van der Waals surface area contributed by atoms with Gasteiger partial charge in [0.2, 0.25) is 0 Å². The third-order valence-corrected chi connectivity index (χ3v) is 1.67. The minimum Gasteiger partial charge on any atom is -0.481 e. The highest BCUT2D eigenvalue weighted by Crippen LogP contribution is 1.90. The number of carboxylic acid groups (broad SMARTS) is 1. The predicted molar refractivity (Wildman–Crippen MR) is 50.6 cm³/mol. The first-order chi connectivity index (χ1) is 6.79. The smallest absolute Gasteiger partial charge is 0.303 e. The summed E-state index contributed by atoms with van der Waals surface area (Å²) >= 11 is 0. The van der Waals surface area contributed by atoms with Crippen LogP contribution in [0.1, 0.15) is 18.5 Å². The number of rotatable bonds is 6. The van der Waals surface area contributed by atoms with Crippen LogP contribution in [0.3, 0.4) is 0 Å². The lowest BCUT2D eigenvalue weighted by atomic mass is 10.3. The molecule has 0 saturated heterocycles. The second-order valence-corrected chi connectivity index (χ2v) is 2.87. The Kier molecular flexibility index (Phi) is 4.57. The van der Waals surface area contributed by atoms with Crippen molar-refractivity contribution in [2.75, 3.05) is 6.54 Å². The lowest BCUT2D eigenvalue weighted by Gasteiger charge is -2.01. The van der Waals surface area contributed by atoms with Gasteiger partial charge in [-0.3, -0.25) is 14.8 Å². The summed E-state index contributed by atoms with van der Waals surface area (Å²) in [5, 5.41) is 11.5. The van der Waals surface area contributed by atoms with E-state index in [1.807, 2.05) is 0 Å². The van der Waals surface area contributed by atoms with E-state index in [1.165, 1.54) is 0 Å². The molecule has 0 unspecified atom stereocenters. The summed E-state index contributed by atoms with van der Waals surface area (Å²) in [4.78, 5) is 18.2. The number of aliphatic carboxylic acids is 1. The van der Waals surface area contributed by atoms with Gasteiger partial charge in [-0.05, 0) is 13.0 Å². The minimum atomic E-state index is -0.758. The molecule has 5 heteroatoms. The van der Waals surface area contributed by atoms with Crippen molar-refractivity contribution in [3.05, 3.63) is 24.3 Å². The lowest BCUT2D eigenvalue weighted by molar-refractivity contribution is -0.137.